The predicted octanol–water partition coefficient (Wildman–Crippen LogP) is 1.65. The van der Waals surface area contributed by atoms with Gasteiger partial charge in [0.05, 0.1) is 12.1 Å². The van der Waals surface area contributed by atoms with Gasteiger partial charge in [0.1, 0.15) is 6.04 Å². The van der Waals surface area contributed by atoms with E-state index in [2.05, 4.69) is 21.7 Å². The maximum Gasteiger partial charge on any atom is 0.242 e. The molecule has 2 aromatic rings. The van der Waals surface area contributed by atoms with Crippen molar-refractivity contribution in [2.24, 2.45) is 0 Å². The second-order valence-electron chi connectivity index (χ2n) is 4.52. The molecule has 0 bridgehead atoms. The molecule has 1 aliphatic heterocycles. The summed E-state index contributed by atoms with van der Waals surface area (Å²) >= 11 is 1.55. The Bertz CT molecular complexity index is 568. The number of nitrogens with zero attached hydrogens (tertiary/aromatic N) is 1. The SMILES string of the molecule is O=C(NCc1cncs1)C1NCCc2ccccc21. The van der Waals surface area contributed by atoms with Crippen LogP contribution in [0.3, 0.4) is 0 Å². The van der Waals surface area contributed by atoms with Gasteiger partial charge in [-0.05, 0) is 17.5 Å². The highest BCUT2D eigenvalue weighted by Gasteiger charge is 2.25. The number of aromatic nitrogens is 1. The van der Waals surface area contributed by atoms with Gasteiger partial charge in [0.25, 0.3) is 0 Å². The molecule has 1 aliphatic rings. The van der Waals surface area contributed by atoms with E-state index in [4.69, 9.17) is 0 Å². The molecule has 0 aliphatic carbocycles. The van der Waals surface area contributed by atoms with Crippen molar-refractivity contribution in [3.05, 3.63) is 52.0 Å². The molecule has 2 heterocycles. The van der Waals surface area contributed by atoms with Crippen LogP contribution in [0.15, 0.2) is 36.0 Å². The summed E-state index contributed by atoms with van der Waals surface area (Å²) in [6.07, 6.45) is 2.77. The molecule has 1 amide bonds. The topological polar surface area (TPSA) is 54.0 Å². The van der Waals surface area contributed by atoms with Crippen LogP contribution in [-0.2, 0) is 17.8 Å². The van der Waals surface area contributed by atoms with E-state index in [-0.39, 0.29) is 11.9 Å². The second-order valence-corrected chi connectivity index (χ2v) is 5.49. The minimum Gasteiger partial charge on any atom is -0.349 e. The average Bonchev–Trinajstić information content (AvgIpc) is 2.97. The van der Waals surface area contributed by atoms with E-state index >= 15 is 0 Å². The molecular weight excluding hydrogens is 258 g/mol. The van der Waals surface area contributed by atoms with Crippen LogP contribution < -0.4 is 10.6 Å². The van der Waals surface area contributed by atoms with Gasteiger partial charge in [0.15, 0.2) is 0 Å². The summed E-state index contributed by atoms with van der Waals surface area (Å²) in [7, 11) is 0. The third-order valence-electron chi connectivity index (χ3n) is 3.29. The van der Waals surface area contributed by atoms with Gasteiger partial charge in [-0.1, -0.05) is 24.3 Å². The molecule has 4 nitrogen and oxygen atoms in total. The highest BCUT2D eigenvalue weighted by molar-refractivity contribution is 7.09. The van der Waals surface area contributed by atoms with E-state index in [1.807, 2.05) is 18.2 Å². The van der Waals surface area contributed by atoms with E-state index in [0.717, 1.165) is 23.4 Å². The summed E-state index contributed by atoms with van der Waals surface area (Å²) in [6.45, 7) is 1.39. The molecule has 0 saturated carbocycles. The lowest BCUT2D eigenvalue weighted by molar-refractivity contribution is -0.123. The Morgan fingerprint density at radius 2 is 2.37 bits per heavy atom. The number of fused-ring (bicyclic) bond motifs is 1. The lowest BCUT2D eigenvalue weighted by atomic mass is 9.94. The number of benzene rings is 1. The van der Waals surface area contributed by atoms with Crippen LogP contribution >= 0.6 is 11.3 Å². The van der Waals surface area contributed by atoms with E-state index in [1.54, 1.807) is 23.0 Å². The molecule has 1 atom stereocenters. The molecule has 0 radical (unpaired) electrons. The Hall–Kier alpha value is -1.72. The van der Waals surface area contributed by atoms with Crippen molar-refractivity contribution in [3.63, 3.8) is 0 Å². The van der Waals surface area contributed by atoms with Crippen LogP contribution in [0, 0.1) is 0 Å². The average molecular weight is 273 g/mol. The van der Waals surface area contributed by atoms with Gasteiger partial charge in [-0.2, -0.15) is 0 Å². The number of amides is 1. The third-order valence-corrected chi connectivity index (χ3v) is 4.07. The van der Waals surface area contributed by atoms with Crippen LogP contribution in [0.2, 0.25) is 0 Å². The number of carbonyl (C=O) groups is 1. The van der Waals surface area contributed by atoms with Crippen LogP contribution in [-0.4, -0.2) is 17.4 Å². The lowest BCUT2D eigenvalue weighted by Gasteiger charge is -2.25. The zero-order chi connectivity index (χ0) is 13.1. The van der Waals surface area contributed by atoms with Gasteiger partial charge in [-0.25, -0.2) is 0 Å². The molecule has 0 saturated heterocycles. The second kappa shape index (κ2) is 5.50. The van der Waals surface area contributed by atoms with Crippen molar-refractivity contribution in [2.75, 3.05) is 6.54 Å². The number of nitrogens with one attached hydrogen (secondary N) is 2. The van der Waals surface area contributed by atoms with Crippen molar-refractivity contribution >= 4 is 17.2 Å². The van der Waals surface area contributed by atoms with Gasteiger partial charge in [-0.3, -0.25) is 9.78 Å². The molecule has 3 rings (SSSR count). The van der Waals surface area contributed by atoms with Crippen LogP contribution in [0.1, 0.15) is 22.0 Å². The fraction of sp³-hybridized carbons (Fsp3) is 0.286. The highest BCUT2D eigenvalue weighted by Crippen LogP contribution is 2.22. The molecule has 1 unspecified atom stereocenters. The lowest BCUT2D eigenvalue weighted by Crippen LogP contribution is -2.41. The maximum absolute atomic E-state index is 12.3. The Morgan fingerprint density at radius 3 is 3.21 bits per heavy atom. The number of rotatable bonds is 3. The zero-order valence-corrected chi connectivity index (χ0v) is 11.2. The predicted molar refractivity (Wildman–Crippen MR) is 74.9 cm³/mol. The van der Waals surface area contributed by atoms with Crippen LogP contribution in [0.5, 0.6) is 0 Å². The quantitative estimate of drug-likeness (QED) is 0.894. The first-order valence-corrected chi connectivity index (χ1v) is 7.19. The van der Waals surface area contributed by atoms with E-state index in [1.165, 1.54) is 5.56 Å². The zero-order valence-electron chi connectivity index (χ0n) is 10.4. The summed E-state index contributed by atoms with van der Waals surface area (Å²) in [4.78, 5) is 17.3. The van der Waals surface area contributed by atoms with Gasteiger partial charge >= 0.3 is 0 Å². The molecule has 98 valence electrons. The summed E-state index contributed by atoms with van der Waals surface area (Å²) in [5.41, 5.74) is 4.13. The van der Waals surface area contributed by atoms with Crippen LogP contribution in [0.4, 0.5) is 0 Å². The smallest absolute Gasteiger partial charge is 0.242 e. The van der Waals surface area contributed by atoms with Crippen LogP contribution in [0.25, 0.3) is 0 Å². The monoisotopic (exact) mass is 273 g/mol. The van der Waals surface area contributed by atoms with Gasteiger partial charge in [0, 0.05) is 17.6 Å². The van der Waals surface area contributed by atoms with Crippen molar-refractivity contribution < 1.29 is 4.79 Å². The van der Waals surface area contributed by atoms with Crippen molar-refractivity contribution in [1.29, 1.82) is 0 Å². The number of hydrogen-bond donors (Lipinski definition) is 2. The first kappa shape index (κ1) is 12.3. The molecule has 2 N–H and O–H groups in total. The summed E-state index contributed by atoms with van der Waals surface area (Å²) in [5.74, 6) is 0.0283. The highest BCUT2D eigenvalue weighted by atomic mass is 32.1. The van der Waals surface area contributed by atoms with Crippen molar-refractivity contribution in [1.82, 2.24) is 15.6 Å². The number of hydrogen-bond acceptors (Lipinski definition) is 4. The van der Waals surface area contributed by atoms with E-state index in [0.29, 0.717) is 6.54 Å². The molecule has 5 heteroatoms. The Balaban J connectivity index is 1.71. The Morgan fingerprint density at radius 1 is 1.47 bits per heavy atom. The minimum atomic E-state index is -0.238. The third kappa shape index (κ3) is 2.67. The van der Waals surface area contributed by atoms with Gasteiger partial charge in [0.2, 0.25) is 5.91 Å². The van der Waals surface area contributed by atoms with Crippen molar-refractivity contribution in [2.45, 2.75) is 19.0 Å². The number of thiazole rings is 1. The molecular formula is C14H15N3OS. The van der Waals surface area contributed by atoms with E-state index in [9.17, 15) is 4.79 Å². The van der Waals surface area contributed by atoms with Gasteiger partial charge in [-0.15, -0.1) is 11.3 Å². The summed E-state index contributed by atoms with van der Waals surface area (Å²) in [6, 6.07) is 7.89. The van der Waals surface area contributed by atoms with Gasteiger partial charge < -0.3 is 10.6 Å². The maximum atomic E-state index is 12.3. The standard InChI is InChI=1S/C14H15N3OS/c18-14(17-8-11-7-15-9-19-11)13-12-4-2-1-3-10(12)5-6-16-13/h1-4,7,9,13,16H,5-6,8H2,(H,17,18). The largest absolute Gasteiger partial charge is 0.349 e. The Kier molecular flexibility index (Phi) is 3.57. The molecule has 0 spiro atoms. The fourth-order valence-electron chi connectivity index (χ4n) is 2.34. The molecule has 1 aromatic carbocycles. The molecule has 1 aromatic heterocycles. The normalized spacial score (nSPS) is 17.8. The minimum absolute atomic E-state index is 0.0283. The van der Waals surface area contributed by atoms with Crippen molar-refractivity contribution in [3.8, 4) is 0 Å². The summed E-state index contributed by atoms with van der Waals surface area (Å²) < 4.78 is 0. The molecule has 0 fully saturated rings. The first-order valence-electron chi connectivity index (χ1n) is 6.31. The summed E-state index contributed by atoms with van der Waals surface area (Å²) in [5, 5.41) is 6.25. The fourth-order valence-corrected chi connectivity index (χ4v) is 2.88. The number of carbonyl (C=O) groups excluding carboxylic acids is 1. The molecule has 19 heavy (non-hydrogen) atoms. The first-order chi connectivity index (χ1) is 9.34. The van der Waals surface area contributed by atoms with E-state index < -0.39 is 0 Å². The Labute approximate surface area is 115 Å².